The zero-order valence-electron chi connectivity index (χ0n) is 27.5. The van der Waals surface area contributed by atoms with Crippen LogP contribution in [0.5, 0.6) is 23.1 Å². The lowest BCUT2D eigenvalue weighted by atomic mass is 9.79. The molecule has 0 spiro atoms. The Morgan fingerprint density at radius 3 is 2.19 bits per heavy atom. The molecule has 0 saturated carbocycles. The highest BCUT2D eigenvalue weighted by atomic mass is 19.4. The fourth-order valence-electron chi connectivity index (χ4n) is 5.62. The van der Waals surface area contributed by atoms with E-state index in [1.807, 2.05) is 40.8 Å². The molecule has 3 rings (SSSR count). The zero-order valence-corrected chi connectivity index (χ0v) is 27.5. The molecule has 2 atom stereocenters. The summed E-state index contributed by atoms with van der Waals surface area (Å²) in [5, 5.41) is 0.687. The first-order valence-corrected chi connectivity index (χ1v) is 15.0. The summed E-state index contributed by atoms with van der Waals surface area (Å²) in [5.74, 6) is 1.86. The molecule has 238 valence electrons. The molecular formula is C34H48F3N3O3. The number of nitrogens with two attached hydrogens (primary N) is 1. The molecule has 1 aromatic heterocycles. The van der Waals surface area contributed by atoms with E-state index in [9.17, 15) is 13.2 Å². The standard InChI is InChI=1S/C34H48F3N3O3/c1-12-25-23(8)32(42-20(4)5)39-30-26(40(10)33(9,19(2)3)17-21(6)18-38)16-28(41-11)31(29(25)30)43-27-15-24(34(35,36)37)14-13-22(27)7/h13-16,19-21H,12,17-18,38H2,1-11H3. The van der Waals surface area contributed by atoms with Gasteiger partial charge in [-0.1, -0.05) is 33.8 Å². The SMILES string of the molecule is CCc1c(C)c(OC(C)C)nc2c(N(C)C(C)(CC(C)CN)C(C)C)cc(OC)c(Oc3cc(C(F)(F)F)ccc3C)c12. The number of pyridine rings is 1. The maximum Gasteiger partial charge on any atom is 0.416 e. The maximum atomic E-state index is 13.7. The van der Waals surface area contributed by atoms with Crippen LogP contribution in [0.4, 0.5) is 18.9 Å². The number of anilines is 1. The number of ether oxygens (including phenoxy) is 3. The molecule has 0 aliphatic rings. The predicted octanol–water partition coefficient (Wildman–Crippen LogP) is 8.86. The van der Waals surface area contributed by atoms with Crippen LogP contribution in [-0.4, -0.2) is 37.3 Å². The van der Waals surface area contributed by atoms with E-state index in [1.165, 1.54) is 13.2 Å². The highest BCUT2D eigenvalue weighted by Gasteiger charge is 2.37. The fraction of sp³-hybridized carbons (Fsp3) is 0.559. The molecule has 2 aromatic carbocycles. The van der Waals surface area contributed by atoms with Crippen molar-refractivity contribution in [3.05, 3.63) is 46.5 Å². The van der Waals surface area contributed by atoms with Gasteiger partial charge in [0.15, 0.2) is 11.5 Å². The lowest BCUT2D eigenvalue weighted by Crippen LogP contribution is -2.50. The van der Waals surface area contributed by atoms with E-state index in [0.29, 0.717) is 46.8 Å². The minimum atomic E-state index is -4.51. The first kappa shape index (κ1) is 34.3. The van der Waals surface area contributed by atoms with Gasteiger partial charge in [0.25, 0.3) is 0 Å². The Morgan fingerprint density at radius 1 is 1.02 bits per heavy atom. The summed E-state index contributed by atoms with van der Waals surface area (Å²) in [5.41, 5.74) is 8.75. The van der Waals surface area contributed by atoms with Crippen LogP contribution in [0, 0.1) is 25.7 Å². The van der Waals surface area contributed by atoms with E-state index in [0.717, 1.165) is 35.4 Å². The molecular weight excluding hydrogens is 555 g/mol. The Morgan fingerprint density at radius 2 is 1.67 bits per heavy atom. The molecule has 9 heteroatoms. The second kappa shape index (κ2) is 13.2. The molecule has 0 aliphatic carbocycles. The van der Waals surface area contributed by atoms with Crippen LogP contribution in [0.2, 0.25) is 0 Å². The monoisotopic (exact) mass is 603 g/mol. The van der Waals surface area contributed by atoms with Crippen LogP contribution in [-0.2, 0) is 12.6 Å². The van der Waals surface area contributed by atoms with Crippen molar-refractivity contribution in [1.82, 2.24) is 4.98 Å². The number of methoxy groups -OCH3 is 1. The first-order chi connectivity index (χ1) is 20.0. The van der Waals surface area contributed by atoms with E-state index < -0.39 is 11.7 Å². The molecule has 1 heterocycles. The molecule has 0 radical (unpaired) electrons. The third kappa shape index (κ3) is 6.97. The number of aromatic nitrogens is 1. The van der Waals surface area contributed by atoms with Gasteiger partial charge in [0.05, 0.1) is 29.9 Å². The Labute approximate surface area is 254 Å². The summed E-state index contributed by atoms with van der Waals surface area (Å²) in [6.45, 7) is 18.9. The highest BCUT2D eigenvalue weighted by Crippen LogP contribution is 2.49. The molecule has 43 heavy (non-hydrogen) atoms. The quantitative estimate of drug-likeness (QED) is 0.223. The van der Waals surface area contributed by atoms with Gasteiger partial charge < -0.3 is 24.8 Å². The van der Waals surface area contributed by atoms with Gasteiger partial charge in [-0.3, -0.25) is 0 Å². The summed E-state index contributed by atoms with van der Waals surface area (Å²) < 4.78 is 59.5. The highest BCUT2D eigenvalue weighted by molar-refractivity contribution is 6.01. The number of hydrogen-bond donors (Lipinski definition) is 1. The molecule has 2 unspecified atom stereocenters. The second-order valence-corrected chi connectivity index (χ2v) is 12.4. The maximum absolute atomic E-state index is 13.7. The number of halogens is 3. The van der Waals surface area contributed by atoms with Crippen LogP contribution in [0.15, 0.2) is 24.3 Å². The minimum absolute atomic E-state index is 0.0986. The van der Waals surface area contributed by atoms with Gasteiger partial charge in [-0.25, -0.2) is 4.98 Å². The number of benzene rings is 2. The Hall–Kier alpha value is -3.20. The number of alkyl halides is 3. The van der Waals surface area contributed by atoms with Gasteiger partial charge >= 0.3 is 6.18 Å². The summed E-state index contributed by atoms with van der Waals surface area (Å²) in [6.07, 6.45) is -3.17. The van der Waals surface area contributed by atoms with Crippen LogP contribution in [0.1, 0.15) is 77.1 Å². The van der Waals surface area contributed by atoms with E-state index in [-0.39, 0.29) is 29.2 Å². The molecule has 0 amide bonds. The minimum Gasteiger partial charge on any atom is -0.493 e. The molecule has 0 aliphatic heterocycles. The van der Waals surface area contributed by atoms with Crippen molar-refractivity contribution in [2.45, 2.75) is 93.0 Å². The van der Waals surface area contributed by atoms with Crippen molar-refractivity contribution in [1.29, 1.82) is 0 Å². The topological polar surface area (TPSA) is 69.8 Å². The Kier molecular flexibility index (Phi) is 10.5. The predicted molar refractivity (Wildman–Crippen MR) is 169 cm³/mol. The van der Waals surface area contributed by atoms with Crippen molar-refractivity contribution in [3.63, 3.8) is 0 Å². The average molecular weight is 604 g/mol. The van der Waals surface area contributed by atoms with E-state index in [4.69, 9.17) is 24.9 Å². The number of nitrogens with zero attached hydrogens (tertiary/aromatic N) is 2. The van der Waals surface area contributed by atoms with Crippen molar-refractivity contribution < 1.29 is 27.4 Å². The first-order valence-electron chi connectivity index (χ1n) is 15.0. The second-order valence-electron chi connectivity index (χ2n) is 12.4. The van der Waals surface area contributed by atoms with Gasteiger partial charge in [-0.05, 0) is 89.1 Å². The summed E-state index contributed by atoms with van der Waals surface area (Å²) in [7, 11) is 3.59. The van der Waals surface area contributed by atoms with Crippen LogP contribution in [0.3, 0.4) is 0 Å². The van der Waals surface area contributed by atoms with Crippen LogP contribution >= 0.6 is 0 Å². The van der Waals surface area contributed by atoms with Gasteiger partial charge in [-0.2, -0.15) is 13.2 Å². The van der Waals surface area contributed by atoms with Crippen molar-refractivity contribution in [2.75, 3.05) is 25.6 Å². The van der Waals surface area contributed by atoms with E-state index >= 15 is 0 Å². The van der Waals surface area contributed by atoms with Crippen LogP contribution in [0.25, 0.3) is 10.9 Å². The lowest BCUT2D eigenvalue weighted by molar-refractivity contribution is -0.137. The van der Waals surface area contributed by atoms with E-state index in [1.54, 1.807) is 6.92 Å². The largest absolute Gasteiger partial charge is 0.493 e. The van der Waals surface area contributed by atoms with Gasteiger partial charge in [0.1, 0.15) is 11.3 Å². The molecule has 3 aromatic rings. The van der Waals surface area contributed by atoms with E-state index in [2.05, 4.69) is 32.6 Å². The van der Waals surface area contributed by atoms with Gasteiger partial charge in [0, 0.05) is 24.2 Å². The fourth-order valence-corrected chi connectivity index (χ4v) is 5.62. The summed E-state index contributed by atoms with van der Waals surface area (Å²) in [6, 6.07) is 5.38. The lowest BCUT2D eigenvalue weighted by Gasteiger charge is -2.46. The van der Waals surface area contributed by atoms with Crippen molar-refractivity contribution in [3.8, 4) is 23.1 Å². The summed E-state index contributed by atoms with van der Waals surface area (Å²) in [4.78, 5) is 7.30. The Bertz CT molecular complexity index is 1440. The number of aryl methyl sites for hydroxylation is 2. The molecule has 0 saturated heterocycles. The van der Waals surface area contributed by atoms with Crippen LogP contribution < -0.4 is 24.8 Å². The molecule has 0 fully saturated rings. The number of hydrogen-bond acceptors (Lipinski definition) is 6. The third-order valence-electron chi connectivity index (χ3n) is 8.67. The Balaban J connectivity index is 2.46. The average Bonchev–Trinajstić information content (AvgIpc) is 2.93. The third-order valence-corrected chi connectivity index (χ3v) is 8.67. The van der Waals surface area contributed by atoms with Crippen molar-refractivity contribution in [2.24, 2.45) is 17.6 Å². The van der Waals surface area contributed by atoms with Crippen molar-refractivity contribution >= 4 is 16.6 Å². The van der Waals surface area contributed by atoms with Gasteiger partial charge in [0.2, 0.25) is 5.88 Å². The summed E-state index contributed by atoms with van der Waals surface area (Å²) >= 11 is 0. The normalized spacial score (nSPS) is 14.3. The molecule has 0 bridgehead atoms. The zero-order chi connectivity index (χ0) is 32.4. The molecule has 6 nitrogen and oxygen atoms in total. The van der Waals surface area contributed by atoms with Gasteiger partial charge in [-0.15, -0.1) is 0 Å². The smallest absolute Gasteiger partial charge is 0.416 e. The molecule has 2 N–H and O–H groups in total. The number of rotatable bonds is 12. The number of fused-ring (bicyclic) bond motifs is 1.